The molecule has 0 aliphatic heterocycles. The van der Waals surface area contributed by atoms with Crippen LogP contribution in [0.5, 0.6) is 0 Å². The Labute approximate surface area is 118 Å². The molecule has 114 valence electrons. The van der Waals surface area contributed by atoms with Gasteiger partial charge in [-0.1, -0.05) is 18.9 Å². The summed E-state index contributed by atoms with van der Waals surface area (Å²) in [6.07, 6.45) is 7.21. The Kier molecular flexibility index (Phi) is 10.0. The minimum atomic E-state index is -1.04. The van der Waals surface area contributed by atoms with Gasteiger partial charge in [-0.15, -0.1) is 0 Å². The normalized spacial score (nSPS) is 12.3. The van der Waals surface area contributed by atoms with Gasteiger partial charge in [-0.2, -0.15) is 4.89 Å². The smallest absolute Gasteiger partial charge is 0.334 e. The van der Waals surface area contributed by atoms with Crippen LogP contribution >= 0.6 is 0 Å². The summed E-state index contributed by atoms with van der Waals surface area (Å²) in [6.45, 7) is 3.39. The third kappa shape index (κ3) is 10.1. The topological polar surface area (TPSA) is 93.1 Å². The number of unbranched alkanes of at least 4 members (excludes halogenated alkanes) is 4. The van der Waals surface area contributed by atoms with Crippen LogP contribution in [0.25, 0.3) is 0 Å². The fourth-order valence-corrected chi connectivity index (χ4v) is 1.27. The molecule has 6 nitrogen and oxygen atoms in total. The number of aliphatic carboxylic acids is 2. The van der Waals surface area contributed by atoms with E-state index in [2.05, 4.69) is 4.89 Å². The summed E-state index contributed by atoms with van der Waals surface area (Å²) >= 11 is 0. The fraction of sp³-hybridized carbons (Fsp3) is 0.571. The number of allylic oxidation sites excluding steroid dienone is 1. The molecule has 0 bridgehead atoms. The van der Waals surface area contributed by atoms with Crippen LogP contribution in [-0.2, 0) is 19.4 Å². The van der Waals surface area contributed by atoms with Gasteiger partial charge in [0, 0.05) is 5.57 Å². The molecule has 0 aromatic carbocycles. The van der Waals surface area contributed by atoms with E-state index < -0.39 is 11.9 Å². The van der Waals surface area contributed by atoms with Gasteiger partial charge in [-0.05, 0) is 33.1 Å². The maximum absolute atomic E-state index is 10.5. The lowest BCUT2D eigenvalue weighted by molar-refractivity contribution is -0.249. The van der Waals surface area contributed by atoms with Gasteiger partial charge >= 0.3 is 11.9 Å². The van der Waals surface area contributed by atoms with E-state index in [4.69, 9.17) is 15.1 Å². The van der Waals surface area contributed by atoms with E-state index >= 15 is 0 Å². The molecule has 0 aliphatic carbocycles. The van der Waals surface area contributed by atoms with Crippen molar-refractivity contribution in [3.05, 3.63) is 23.5 Å². The first-order valence-corrected chi connectivity index (χ1v) is 6.53. The van der Waals surface area contributed by atoms with Crippen molar-refractivity contribution >= 4 is 11.9 Å². The summed E-state index contributed by atoms with van der Waals surface area (Å²) in [5.74, 6) is -1.92. The molecule has 0 spiro atoms. The molecule has 0 saturated carbocycles. The van der Waals surface area contributed by atoms with Crippen LogP contribution in [0, 0.1) is 0 Å². The number of hydrogen-bond donors (Lipinski definition) is 2. The van der Waals surface area contributed by atoms with Crippen molar-refractivity contribution in [3.63, 3.8) is 0 Å². The molecule has 0 aliphatic rings. The third-order valence-corrected chi connectivity index (χ3v) is 2.60. The monoisotopic (exact) mass is 286 g/mol. The molecule has 0 radical (unpaired) electrons. The first kappa shape index (κ1) is 18.2. The highest BCUT2D eigenvalue weighted by Crippen LogP contribution is 2.06. The quantitative estimate of drug-likeness (QED) is 0.199. The lowest BCUT2D eigenvalue weighted by Gasteiger charge is -2.02. The SMILES string of the molecule is CC(=CCCCCCCOOC=C(C)C(=O)O)C(=O)O. The van der Waals surface area contributed by atoms with Gasteiger partial charge < -0.3 is 15.1 Å². The van der Waals surface area contributed by atoms with Crippen LogP contribution in [0.2, 0.25) is 0 Å². The highest BCUT2D eigenvalue weighted by atomic mass is 17.2. The van der Waals surface area contributed by atoms with Gasteiger partial charge in [0.1, 0.15) is 6.26 Å². The van der Waals surface area contributed by atoms with Crippen molar-refractivity contribution in [1.82, 2.24) is 0 Å². The van der Waals surface area contributed by atoms with E-state index in [0.717, 1.165) is 38.4 Å². The summed E-state index contributed by atoms with van der Waals surface area (Å²) in [5, 5.41) is 17.2. The molecule has 0 rings (SSSR count). The highest BCUT2D eigenvalue weighted by molar-refractivity contribution is 5.85. The Morgan fingerprint density at radius 1 is 0.950 bits per heavy atom. The molecule has 0 saturated heterocycles. The maximum atomic E-state index is 10.5. The van der Waals surface area contributed by atoms with E-state index in [9.17, 15) is 9.59 Å². The average Bonchev–Trinajstić information content (AvgIpc) is 2.39. The van der Waals surface area contributed by atoms with Crippen LogP contribution in [0.15, 0.2) is 23.5 Å². The summed E-state index contributed by atoms with van der Waals surface area (Å²) in [6, 6.07) is 0. The van der Waals surface area contributed by atoms with Gasteiger partial charge in [0.15, 0.2) is 0 Å². The number of carboxylic acid groups (broad SMARTS) is 2. The summed E-state index contributed by atoms with van der Waals surface area (Å²) in [5.41, 5.74) is 0.452. The minimum Gasteiger partial charge on any atom is -0.478 e. The van der Waals surface area contributed by atoms with Crippen molar-refractivity contribution in [2.45, 2.75) is 46.0 Å². The summed E-state index contributed by atoms with van der Waals surface area (Å²) in [7, 11) is 0. The molecular weight excluding hydrogens is 264 g/mol. The Bertz CT molecular complexity index is 334. The lowest BCUT2D eigenvalue weighted by Crippen LogP contribution is -1.98. The first-order chi connectivity index (χ1) is 9.45. The van der Waals surface area contributed by atoms with Gasteiger partial charge in [0.05, 0.1) is 12.2 Å². The van der Waals surface area contributed by atoms with Crippen molar-refractivity contribution < 1.29 is 29.6 Å². The standard InChI is InChI=1S/C14H22O6/c1-11(13(15)16)8-6-4-3-5-7-9-19-20-10-12(2)14(17)18/h8,10H,3-7,9H2,1-2H3,(H,15,16)(H,17,18). The first-order valence-electron chi connectivity index (χ1n) is 6.53. The summed E-state index contributed by atoms with van der Waals surface area (Å²) in [4.78, 5) is 30.4. The molecule has 6 heteroatoms. The van der Waals surface area contributed by atoms with Gasteiger partial charge in [0.25, 0.3) is 0 Å². The van der Waals surface area contributed by atoms with E-state index in [-0.39, 0.29) is 5.57 Å². The lowest BCUT2D eigenvalue weighted by atomic mass is 10.1. The third-order valence-electron chi connectivity index (χ3n) is 2.60. The molecule has 0 heterocycles. The van der Waals surface area contributed by atoms with Gasteiger partial charge in [0.2, 0.25) is 0 Å². The second kappa shape index (κ2) is 11.0. The molecule has 0 amide bonds. The number of hydrogen-bond acceptors (Lipinski definition) is 4. The second-order valence-corrected chi connectivity index (χ2v) is 4.42. The van der Waals surface area contributed by atoms with E-state index in [1.807, 2.05) is 0 Å². The average molecular weight is 286 g/mol. The maximum Gasteiger partial charge on any atom is 0.334 e. The van der Waals surface area contributed by atoms with Crippen molar-refractivity contribution in [2.24, 2.45) is 0 Å². The molecule has 0 atom stereocenters. The predicted molar refractivity (Wildman–Crippen MR) is 72.9 cm³/mol. The molecular formula is C14H22O6. The van der Waals surface area contributed by atoms with E-state index in [1.165, 1.54) is 6.92 Å². The molecule has 0 aromatic rings. The predicted octanol–water partition coefficient (Wildman–Crippen LogP) is 2.90. The zero-order chi connectivity index (χ0) is 15.4. The molecule has 2 N–H and O–H groups in total. The molecule has 0 aromatic heterocycles. The Balaban J connectivity index is 3.42. The fourth-order valence-electron chi connectivity index (χ4n) is 1.27. The zero-order valence-corrected chi connectivity index (χ0v) is 11.9. The molecule has 0 fully saturated rings. The largest absolute Gasteiger partial charge is 0.478 e. The Morgan fingerprint density at radius 2 is 1.55 bits per heavy atom. The van der Waals surface area contributed by atoms with E-state index in [0.29, 0.717) is 12.2 Å². The Morgan fingerprint density at radius 3 is 2.15 bits per heavy atom. The van der Waals surface area contributed by atoms with Crippen LogP contribution in [0.4, 0.5) is 0 Å². The van der Waals surface area contributed by atoms with Gasteiger partial charge in [-0.25, -0.2) is 9.59 Å². The zero-order valence-electron chi connectivity index (χ0n) is 11.9. The number of rotatable bonds is 11. The van der Waals surface area contributed by atoms with Crippen LogP contribution in [-0.4, -0.2) is 28.8 Å². The number of carbonyl (C=O) groups is 2. The highest BCUT2D eigenvalue weighted by Gasteiger charge is 2.00. The summed E-state index contributed by atoms with van der Waals surface area (Å²) < 4.78 is 0. The van der Waals surface area contributed by atoms with Crippen molar-refractivity contribution in [2.75, 3.05) is 6.61 Å². The van der Waals surface area contributed by atoms with Gasteiger partial charge in [-0.3, -0.25) is 0 Å². The van der Waals surface area contributed by atoms with E-state index in [1.54, 1.807) is 13.0 Å². The van der Waals surface area contributed by atoms with Crippen molar-refractivity contribution in [1.29, 1.82) is 0 Å². The molecule has 20 heavy (non-hydrogen) atoms. The van der Waals surface area contributed by atoms with Crippen LogP contribution < -0.4 is 0 Å². The molecule has 0 unspecified atom stereocenters. The van der Waals surface area contributed by atoms with Crippen molar-refractivity contribution in [3.8, 4) is 0 Å². The number of carboxylic acids is 2. The second-order valence-electron chi connectivity index (χ2n) is 4.42. The van der Waals surface area contributed by atoms with Crippen LogP contribution in [0.1, 0.15) is 46.0 Å². The Hall–Kier alpha value is -1.82. The minimum absolute atomic E-state index is 0.0746. The van der Waals surface area contributed by atoms with Crippen LogP contribution in [0.3, 0.4) is 0 Å².